The number of hydrogen-bond acceptors (Lipinski definition) is 3. The Bertz CT molecular complexity index is 451. The molecule has 1 saturated carbocycles. The number of rotatable bonds is 3. The SMILES string of the molecule is Cc1ccc(O)c(CNC2CCCCC2C(C)(C)C)n1. The first-order valence-corrected chi connectivity index (χ1v) is 7.77. The maximum Gasteiger partial charge on any atom is 0.138 e. The molecule has 0 amide bonds. The zero-order chi connectivity index (χ0) is 14.8. The van der Waals surface area contributed by atoms with Crippen LogP contribution in [0.5, 0.6) is 5.75 Å². The van der Waals surface area contributed by atoms with E-state index in [0.29, 0.717) is 29.7 Å². The van der Waals surface area contributed by atoms with Crippen LogP contribution in [0.25, 0.3) is 0 Å². The summed E-state index contributed by atoms with van der Waals surface area (Å²) >= 11 is 0. The Kier molecular flexibility index (Phi) is 4.69. The molecule has 2 N–H and O–H groups in total. The molecule has 3 heteroatoms. The first kappa shape index (κ1) is 15.3. The van der Waals surface area contributed by atoms with Gasteiger partial charge < -0.3 is 10.4 Å². The van der Waals surface area contributed by atoms with E-state index in [1.807, 2.05) is 13.0 Å². The first-order valence-electron chi connectivity index (χ1n) is 7.77. The smallest absolute Gasteiger partial charge is 0.138 e. The summed E-state index contributed by atoms with van der Waals surface area (Å²) in [7, 11) is 0. The summed E-state index contributed by atoms with van der Waals surface area (Å²) < 4.78 is 0. The summed E-state index contributed by atoms with van der Waals surface area (Å²) in [5, 5.41) is 13.5. The second-order valence-electron chi connectivity index (χ2n) is 7.16. The third-order valence-electron chi connectivity index (χ3n) is 4.50. The minimum atomic E-state index is 0.297. The zero-order valence-electron chi connectivity index (χ0n) is 13.2. The Morgan fingerprint density at radius 2 is 1.95 bits per heavy atom. The molecule has 0 radical (unpaired) electrons. The van der Waals surface area contributed by atoms with Gasteiger partial charge in [0.1, 0.15) is 5.75 Å². The topological polar surface area (TPSA) is 45.1 Å². The largest absolute Gasteiger partial charge is 0.506 e. The van der Waals surface area contributed by atoms with Crippen LogP contribution < -0.4 is 5.32 Å². The number of nitrogens with zero attached hydrogens (tertiary/aromatic N) is 1. The molecule has 112 valence electrons. The Morgan fingerprint density at radius 1 is 1.25 bits per heavy atom. The summed E-state index contributed by atoms with van der Waals surface area (Å²) in [6.07, 6.45) is 5.18. The van der Waals surface area contributed by atoms with Gasteiger partial charge in [0.15, 0.2) is 0 Å². The number of aromatic hydroxyl groups is 1. The molecule has 1 aliphatic rings. The molecule has 1 heterocycles. The van der Waals surface area contributed by atoms with Crippen molar-refractivity contribution in [3.05, 3.63) is 23.5 Å². The lowest BCUT2D eigenvalue weighted by Gasteiger charge is -2.41. The van der Waals surface area contributed by atoms with Crippen molar-refractivity contribution in [1.82, 2.24) is 10.3 Å². The van der Waals surface area contributed by atoms with Crippen molar-refractivity contribution >= 4 is 0 Å². The summed E-state index contributed by atoms with van der Waals surface area (Å²) in [5.74, 6) is 0.995. The van der Waals surface area contributed by atoms with Gasteiger partial charge in [-0.15, -0.1) is 0 Å². The van der Waals surface area contributed by atoms with Gasteiger partial charge in [-0.1, -0.05) is 33.6 Å². The Balaban J connectivity index is 2.03. The van der Waals surface area contributed by atoms with Gasteiger partial charge >= 0.3 is 0 Å². The van der Waals surface area contributed by atoms with Gasteiger partial charge in [0.05, 0.1) is 5.69 Å². The van der Waals surface area contributed by atoms with Crippen LogP contribution in [0.4, 0.5) is 0 Å². The van der Waals surface area contributed by atoms with Gasteiger partial charge in [-0.2, -0.15) is 0 Å². The van der Waals surface area contributed by atoms with Crippen LogP contribution in [-0.4, -0.2) is 16.1 Å². The van der Waals surface area contributed by atoms with E-state index >= 15 is 0 Å². The van der Waals surface area contributed by atoms with Crippen LogP contribution in [0, 0.1) is 18.3 Å². The van der Waals surface area contributed by atoms with Crippen LogP contribution >= 0.6 is 0 Å². The minimum absolute atomic E-state index is 0.297. The standard InChI is InChI=1S/C17H28N2O/c1-12-9-10-16(20)15(19-12)11-18-14-8-6-5-7-13(14)17(2,3)4/h9-10,13-14,18,20H,5-8,11H2,1-4H3. The Hall–Kier alpha value is -1.09. The third-order valence-corrected chi connectivity index (χ3v) is 4.50. The fraction of sp³-hybridized carbons (Fsp3) is 0.706. The molecular weight excluding hydrogens is 248 g/mol. The molecule has 1 aromatic heterocycles. The molecule has 0 spiro atoms. The van der Waals surface area contributed by atoms with Crippen molar-refractivity contribution < 1.29 is 5.11 Å². The highest BCUT2D eigenvalue weighted by atomic mass is 16.3. The van der Waals surface area contributed by atoms with E-state index < -0.39 is 0 Å². The summed E-state index contributed by atoms with van der Waals surface area (Å²) in [4.78, 5) is 4.43. The van der Waals surface area contributed by atoms with E-state index in [1.54, 1.807) is 6.07 Å². The number of aromatic nitrogens is 1. The second kappa shape index (κ2) is 6.13. The van der Waals surface area contributed by atoms with Gasteiger partial charge in [-0.3, -0.25) is 4.98 Å². The molecule has 0 aliphatic heterocycles. The molecule has 1 fully saturated rings. The molecule has 0 bridgehead atoms. The molecule has 2 atom stereocenters. The normalized spacial score (nSPS) is 23.8. The lowest BCUT2D eigenvalue weighted by Crippen LogP contribution is -2.44. The van der Waals surface area contributed by atoms with E-state index in [4.69, 9.17) is 0 Å². The number of pyridine rings is 1. The highest BCUT2D eigenvalue weighted by Crippen LogP contribution is 2.38. The third kappa shape index (κ3) is 3.72. The monoisotopic (exact) mass is 276 g/mol. The Morgan fingerprint density at radius 3 is 2.65 bits per heavy atom. The van der Waals surface area contributed by atoms with Gasteiger partial charge in [0.25, 0.3) is 0 Å². The fourth-order valence-electron chi connectivity index (χ4n) is 3.37. The van der Waals surface area contributed by atoms with E-state index in [1.165, 1.54) is 25.7 Å². The molecule has 0 saturated heterocycles. The van der Waals surface area contributed by atoms with Gasteiger partial charge in [-0.25, -0.2) is 0 Å². The molecule has 20 heavy (non-hydrogen) atoms. The predicted octanol–water partition coefficient (Wildman–Crippen LogP) is 3.79. The fourth-order valence-corrected chi connectivity index (χ4v) is 3.37. The van der Waals surface area contributed by atoms with Crippen molar-refractivity contribution in [2.24, 2.45) is 11.3 Å². The molecule has 1 aliphatic carbocycles. The van der Waals surface area contributed by atoms with Crippen molar-refractivity contribution in [3.8, 4) is 5.75 Å². The minimum Gasteiger partial charge on any atom is -0.506 e. The molecule has 1 aromatic rings. The van der Waals surface area contributed by atoms with Crippen molar-refractivity contribution in [2.45, 2.75) is 66.0 Å². The maximum absolute atomic E-state index is 9.89. The maximum atomic E-state index is 9.89. The molecular formula is C17H28N2O. The van der Waals surface area contributed by atoms with E-state index in [0.717, 1.165) is 11.4 Å². The van der Waals surface area contributed by atoms with E-state index in [9.17, 15) is 5.11 Å². The van der Waals surface area contributed by atoms with Crippen molar-refractivity contribution in [1.29, 1.82) is 0 Å². The van der Waals surface area contributed by atoms with Gasteiger partial charge in [0.2, 0.25) is 0 Å². The summed E-state index contributed by atoms with van der Waals surface area (Å²) in [5.41, 5.74) is 2.05. The number of hydrogen-bond donors (Lipinski definition) is 2. The molecule has 3 nitrogen and oxygen atoms in total. The zero-order valence-corrected chi connectivity index (χ0v) is 13.2. The quantitative estimate of drug-likeness (QED) is 0.883. The average Bonchev–Trinajstić information content (AvgIpc) is 2.39. The Labute approximate surface area is 122 Å². The van der Waals surface area contributed by atoms with Crippen LogP contribution in [0.1, 0.15) is 57.8 Å². The second-order valence-corrected chi connectivity index (χ2v) is 7.16. The van der Waals surface area contributed by atoms with Crippen LogP contribution in [0.3, 0.4) is 0 Å². The summed E-state index contributed by atoms with van der Waals surface area (Å²) in [6, 6.07) is 4.12. The molecule has 2 unspecified atom stereocenters. The van der Waals surface area contributed by atoms with Gasteiger partial charge in [-0.05, 0) is 43.2 Å². The van der Waals surface area contributed by atoms with Crippen molar-refractivity contribution in [3.63, 3.8) is 0 Å². The van der Waals surface area contributed by atoms with E-state index in [2.05, 4.69) is 31.1 Å². The predicted molar refractivity (Wildman–Crippen MR) is 82.7 cm³/mol. The first-order chi connectivity index (χ1) is 9.38. The summed E-state index contributed by atoms with van der Waals surface area (Å²) in [6.45, 7) is 9.62. The lowest BCUT2D eigenvalue weighted by molar-refractivity contribution is 0.130. The van der Waals surface area contributed by atoms with Crippen LogP contribution in [0.2, 0.25) is 0 Å². The van der Waals surface area contributed by atoms with Crippen LogP contribution in [0.15, 0.2) is 12.1 Å². The van der Waals surface area contributed by atoms with Crippen LogP contribution in [-0.2, 0) is 6.54 Å². The van der Waals surface area contributed by atoms with Gasteiger partial charge in [0, 0.05) is 18.3 Å². The molecule has 2 rings (SSSR count). The number of aryl methyl sites for hydroxylation is 1. The molecule has 0 aromatic carbocycles. The van der Waals surface area contributed by atoms with Crippen molar-refractivity contribution in [2.75, 3.05) is 0 Å². The lowest BCUT2D eigenvalue weighted by atomic mass is 9.69. The number of nitrogens with one attached hydrogen (secondary N) is 1. The van der Waals surface area contributed by atoms with E-state index in [-0.39, 0.29) is 0 Å². The highest BCUT2D eigenvalue weighted by Gasteiger charge is 2.33. The highest BCUT2D eigenvalue weighted by molar-refractivity contribution is 5.27. The average molecular weight is 276 g/mol.